The topological polar surface area (TPSA) is 61.8 Å². The van der Waals surface area contributed by atoms with E-state index in [1.807, 2.05) is 11.1 Å². The molecule has 0 radical (unpaired) electrons. The number of hydrogen-bond acceptors (Lipinski definition) is 3. The van der Waals surface area contributed by atoms with Gasteiger partial charge in [0.05, 0.1) is 6.54 Å². The molecule has 0 unspecified atom stereocenters. The second-order valence-electron chi connectivity index (χ2n) is 4.71. The number of rotatable bonds is 4. The number of dihydropyridines is 1. The van der Waals surface area contributed by atoms with Gasteiger partial charge in [0.1, 0.15) is 6.04 Å². The van der Waals surface area contributed by atoms with Gasteiger partial charge in [-0.1, -0.05) is 6.08 Å². The van der Waals surface area contributed by atoms with E-state index in [1.54, 1.807) is 0 Å². The second kappa shape index (κ2) is 6.33. The monoisotopic (exact) mass is 249 g/mol. The first kappa shape index (κ1) is 12.8. The van der Waals surface area contributed by atoms with Crippen molar-refractivity contribution in [2.75, 3.05) is 19.6 Å². The smallest absolute Gasteiger partial charge is 0.245 e. The third-order valence-electron chi connectivity index (χ3n) is 3.38. The first-order valence-electron chi connectivity index (χ1n) is 6.46. The van der Waals surface area contributed by atoms with E-state index in [0.717, 1.165) is 32.2 Å². The van der Waals surface area contributed by atoms with Crippen LogP contribution >= 0.6 is 0 Å². The van der Waals surface area contributed by atoms with E-state index in [2.05, 4.69) is 16.4 Å². The molecule has 1 fully saturated rings. The average molecular weight is 249 g/mol. The zero-order valence-electron chi connectivity index (χ0n) is 10.5. The van der Waals surface area contributed by atoms with Crippen LogP contribution in [0.15, 0.2) is 16.6 Å². The van der Waals surface area contributed by atoms with Crippen LogP contribution < -0.4 is 5.32 Å². The van der Waals surface area contributed by atoms with Gasteiger partial charge in [-0.2, -0.15) is 0 Å². The van der Waals surface area contributed by atoms with Gasteiger partial charge < -0.3 is 10.2 Å². The molecule has 0 saturated carbocycles. The first-order chi connectivity index (χ1) is 8.81. The Morgan fingerprint density at radius 3 is 3.11 bits per heavy atom. The number of likely N-dealkylation sites (tertiary alicyclic amines) is 1. The number of hydrogen-bond donors (Lipinski definition) is 1. The van der Waals surface area contributed by atoms with Crippen LogP contribution in [0.2, 0.25) is 0 Å². The lowest BCUT2D eigenvalue weighted by Crippen LogP contribution is -2.45. The third-order valence-corrected chi connectivity index (χ3v) is 3.38. The molecular formula is C13H19N3O2. The molecule has 18 heavy (non-hydrogen) atoms. The van der Waals surface area contributed by atoms with Crippen molar-refractivity contribution in [1.82, 2.24) is 10.2 Å². The minimum atomic E-state index is -0.349. The predicted octanol–water partition coefficient (Wildman–Crippen LogP) is 0.514. The molecule has 2 aliphatic rings. The predicted molar refractivity (Wildman–Crippen MR) is 69.5 cm³/mol. The van der Waals surface area contributed by atoms with Gasteiger partial charge in [-0.3, -0.25) is 14.6 Å². The van der Waals surface area contributed by atoms with Gasteiger partial charge in [0, 0.05) is 25.7 Å². The molecule has 0 aliphatic carbocycles. The molecular weight excluding hydrogens is 230 g/mol. The highest BCUT2D eigenvalue weighted by Crippen LogP contribution is 2.14. The van der Waals surface area contributed by atoms with E-state index in [4.69, 9.17) is 0 Å². The van der Waals surface area contributed by atoms with Crippen molar-refractivity contribution in [3.8, 4) is 0 Å². The van der Waals surface area contributed by atoms with Gasteiger partial charge in [-0.15, -0.1) is 0 Å². The highest BCUT2D eigenvalue weighted by atomic mass is 16.2. The lowest BCUT2D eigenvalue weighted by molar-refractivity contribution is -0.133. The molecule has 1 saturated heterocycles. The first-order valence-corrected chi connectivity index (χ1v) is 6.46. The maximum Gasteiger partial charge on any atom is 0.245 e. The highest BCUT2D eigenvalue weighted by Gasteiger charge is 2.26. The fourth-order valence-electron chi connectivity index (χ4n) is 2.40. The summed E-state index contributed by atoms with van der Waals surface area (Å²) in [5, 5.41) is 2.62. The number of amides is 2. The summed E-state index contributed by atoms with van der Waals surface area (Å²) in [6, 6.07) is -0.349. The Balaban J connectivity index is 1.98. The van der Waals surface area contributed by atoms with Gasteiger partial charge in [0.25, 0.3) is 0 Å². The van der Waals surface area contributed by atoms with Crippen LogP contribution in [0.4, 0.5) is 0 Å². The van der Waals surface area contributed by atoms with Crippen molar-refractivity contribution in [3.05, 3.63) is 11.6 Å². The molecule has 0 aromatic heterocycles. The molecule has 0 spiro atoms. The van der Waals surface area contributed by atoms with Crippen molar-refractivity contribution in [1.29, 1.82) is 0 Å². The number of nitrogens with zero attached hydrogens (tertiary/aromatic N) is 2. The van der Waals surface area contributed by atoms with Gasteiger partial charge in [0.15, 0.2) is 0 Å². The Labute approximate surface area is 107 Å². The fraction of sp³-hybridized carbons (Fsp3) is 0.615. The zero-order valence-corrected chi connectivity index (χ0v) is 10.5. The summed E-state index contributed by atoms with van der Waals surface area (Å²) in [7, 11) is 0. The van der Waals surface area contributed by atoms with Crippen LogP contribution in [0.3, 0.4) is 0 Å². The molecule has 0 aromatic rings. The Bertz CT molecular complexity index is 376. The summed E-state index contributed by atoms with van der Waals surface area (Å²) in [5.74, 6) is 0.0371. The summed E-state index contributed by atoms with van der Waals surface area (Å²) in [6.45, 7) is 2.11. The maximum absolute atomic E-state index is 12.2. The average Bonchev–Trinajstić information content (AvgIpc) is 2.56. The molecule has 98 valence electrons. The van der Waals surface area contributed by atoms with Crippen molar-refractivity contribution in [3.63, 3.8) is 0 Å². The molecule has 2 rings (SSSR count). The van der Waals surface area contributed by atoms with Gasteiger partial charge >= 0.3 is 0 Å². The molecule has 1 atom stereocenters. The van der Waals surface area contributed by atoms with Crippen molar-refractivity contribution in [2.45, 2.75) is 31.7 Å². The molecule has 1 N–H and O–H groups in total. The van der Waals surface area contributed by atoms with Crippen LogP contribution in [0, 0.1) is 0 Å². The van der Waals surface area contributed by atoms with Crippen LogP contribution in [-0.4, -0.2) is 49.1 Å². The minimum Gasteiger partial charge on any atom is -0.347 e. The summed E-state index contributed by atoms with van der Waals surface area (Å²) in [4.78, 5) is 28.8. The zero-order chi connectivity index (χ0) is 12.8. The van der Waals surface area contributed by atoms with E-state index < -0.39 is 0 Å². The van der Waals surface area contributed by atoms with E-state index in [0.29, 0.717) is 19.5 Å². The third kappa shape index (κ3) is 3.18. The molecule has 2 amide bonds. The van der Waals surface area contributed by atoms with Crippen LogP contribution in [0.1, 0.15) is 25.7 Å². The fourth-order valence-corrected chi connectivity index (χ4v) is 2.40. The van der Waals surface area contributed by atoms with Crippen molar-refractivity contribution >= 4 is 18.5 Å². The summed E-state index contributed by atoms with van der Waals surface area (Å²) in [6.07, 6.45) is 8.22. The minimum absolute atomic E-state index is 0.0371. The molecule has 5 heteroatoms. The number of aliphatic imine (C=N–C) groups is 1. The number of nitrogens with one attached hydrogen (secondary N) is 1. The number of allylic oxidation sites excluding steroid dienone is 1. The Morgan fingerprint density at radius 2 is 2.39 bits per heavy atom. The molecule has 2 aliphatic heterocycles. The van der Waals surface area contributed by atoms with Crippen molar-refractivity contribution in [2.24, 2.45) is 4.99 Å². The second-order valence-corrected chi connectivity index (χ2v) is 4.71. The van der Waals surface area contributed by atoms with E-state index in [-0.39, 0.29) is 11.9 Å². The SMILES string of the molecule is O=CN[C@H]1CCCCN(CC2=CCC=NC2)C1=O. The Kier molecular flexibility index (Phi) is 4.50. The summed E-state index contributed by atoms with van der Waals surface area (Å²) in [5.41, 5.74) is 1.19. The number of carbonyl (C=O) groups is 2. The maximum atomic E-state index is 12.2. The van der Waals surface area contributed by atoms with Crippen LogP contribution in [0.25, 0.3) is 0 Å². The van der Waals surface area contributed by atoms with E-state index in [9.17, 15) is 9.59 Å². The molecule has 0 aromatic carbocycles. The molecule has 2 heterocycles. The van der Waals surface area contributed by atoms with Crippen LogP contribution in [0.5, 0.6) is 0 Å². The summed E-state index contributed by atoms with van der Waals surface area (Å²) < 4.78 is 0. The lowest BCUT2D eigenvalue weighted by Gasteiger charge is -2.25. The largest absolute Gasteiger partial charge is 0.347 e. The van der Waals surface area contributed by atoms with E-state index in [1.165, 1.54) is 5.57 Å². The summed E-state index contributed by atoms with van der Waals surface area (Å²) >= 11 is 0. The normalized spacial score (nSPS) is 24.4. The number of carbonyl (C=O) groups excluding carboxylic acids is 2. The Morgan fingerprint density at radius 1 is 1.50 bits per heavy atom. The molecule has 0 bridgehead atoms. The van der Waals surface area contributed by atoms with Gasteiger partial charge in [0.2, 0.25) is 12.3 Å². The van der Waals surface area contributed by atoms with E-state index >= 15 is 0 Å². The molecule has 5 nitrogen and oxygen atoms in total. The van der Waals surface area contributed by atoms with Crippen molar-refractivity contribution < 1.29 is 9.59 Å². The van der Waals surface area contributed by atoms with Gasteiger partial charge in [-0.25, -0.2) is 0 Å². The quantitative estimate of drug-likeness (QED) is 0.583. The van der Waals surface area contributed by atoms with Crippen LogP contribution in [-0.2, 0) is 9.59 Å². The standard InChI is InChI=1S/C13H19N3O2/c17-10-15-12-5-1-2-7-16(13(12)18)9-11-4-3-6-14-8-11/h4,6,10,12H,1-3,5,7-9H2,(H,15,17)/t12-/m0/s1. The van der Waals surface area contributed by atoms with Gasteiger partial charge in [-0.05, 0) is 24.8 Å². The highest BCUT2D eigenvalue weighted by molar-refractivity contribution is 5.84. The lowest BCUT2D eigenvalue weighted by atomic mass is 10.1. The Hall–Kier alpha value is -1.65.